The first kappa shape index (κ1) is 18.8. The number of piperidine rings is 1. The van der Waals surface area contributed by atoms with Gasteiger partial charge in [-0.15, -0.1) is 0 Å². The van der Waals surface area contributed by atoms with Gasteiger partial charge >= 0.3 is 0 Å². The SMILES string of the molecule is CCN1C(=O)C(=Nc2ccc(S(=O)(=O)N3CCCCC3)cc2)c2ccccc21. The number of hydrogen-bond acceptors (Lipinski definition) is 4. The second-order valence-corrected chi connectivity index (χ2v) is 8.92. The van der Waals surface area contributed by atoms with Crippen LogP contribution in [0.4, 0.5) is 11.4 Å². The summed E-state index contributed by atoms with van der Waals surface area (Å²) in [4.78, 5) is 19.2. The third kappa shape index (κ3) is 3.25. The van der Waals surface area contributed by atoms with Crippen molar-refractivity contribution in [2.75, 3.05) is 24.5 Å². The first-order chi connectivity index (χ1) is 13.5. The number of carbonyl (C=O) groups excluding carboxylic acids is 1. The first-order valence-corrected chi connectivity index (χ1v) is 11.1. The van der Waals surface area contributed by atoms with E-state index >= 15 is 0 Å². The summed E-state index contributed by atoms with van der Waals surface area (Å²) in [5.74, 6) is -0.131. The van der Waals surface area contributed by atoms with Gasteiger partial charge < -0.3 is 4.90 Å². The molecule has 0 aliphatic carbocycles. The van der Waals surface area contributed by atoms with Crippen LogP contribution in [0.5, 0.6) is 0 Å². The molecule has 2 aromatic carbocycles. The largest absolute Gasteiger partial charge is 0.307 e. The van der Waals surface area contributed by atoms with Gasteiger partial charge in [0.2, 0.25) is 10.0 Å². The second kappa shape index (κ2) is 7.48. The highest BCUT2D eigenvalue weighted by molar-refractivity contribution is 7.89. The molecule has 146 valence electrons. The Kier molecular flexibility index (Phi) is 5.03. The zero-order valence-electron chi connectivity index (χ0n) is 15.8. The summed E-state index contributed by atoms with van der Waals surface area (Å²) in [6.07, 6.45) is 2.88. The Morgan fingerprint density at radius 2 is 1.64 bits per heavy atom. The maximum atomic E-state index is 12.8. The van der Waals surface area contributed by atoms with Crippen molar-refractivity contribution in [3.8, 4) is 0 Å². The Morgan fingerprint density at radius 3 is 2.32 bits per heavy atom. The Bertz CT molecular complexity index is 1020. The number of para-hydroxylation sites is 1. The summed E-state index contributed by atoms with van der Waals surface area (Å²) in [5, 5.41) is 0. The number of sulfonamides is 1. The van der Waals surface area contributed by atoms with Crippen LogP contribution >= 0.6 is 0 Å². The lowest BCUT2D eigenvalue weighted by Crippen LogP contribution is -2.35. The Labute approximate surface area is 165 Å². The average Bonchev–Trinajstić information content (AvgIpc) is 3.00. The van der Waals surface area contributed by atoms with Crippen molar-refractivity contribution in [1.29, 1.82) is 0 Å². The summed E-state index contributed by atoms with van der Waals surface area (Å²) >= 11 is 0. The molecule has 0 spiro atoms. The molecule has 6 nitrogen and oxygen atoms in total. The summed E-state index contributed by atoms with van der Waals surface area (Å²) in [6, 6.07) is 14.1. The third-order valence-corrected chi connectivity index (χ3v) is 7.16. The van der Waals surface area contributed by atoms with Crippen LogP contribution in [-0.4, -0.2) is 44.0 Å². The van der Waals surface area contributed by atoms with Gasteiger partial charge in [-0.2, -0.15) is 4.31 Å². The maximum absolute atomic E-state index is 12.8. The monoisotopic (exact) mass is 397 g/mol. The van der Waals surface area contributed by atoms with Crippen molar-refractivity contribution in [3.05, 3.63) is 54.1 Å². The highest BCUT2D eigenvalue weighted by atomic mass is 32.2. The Morgan fingerprint density at radius 1 is 0.964 bits per heavy atom. The molecule has 0 atom stereocenters. The summed E-state index contributed by atoms with van der Waals surface area (Å²) in [5.41, 5.74) is 2.62. The van der Waals surface area contributed by atoms with Crippen molar-refractivity contribution in [2.45, 2.75) is 31.1 Å². The number of amides is 1. The van der Waals surface area contributed by atoms with Gasteiger partial charge in [-0.1, -0.05) is 24.6 Å². The van der Waals surface area contributed by atoms with Gasteiger partial charge in [0.05, 0.1) is 16.3 Å². The number of benzene rings is 2. The maximum Gasteiger partial charge on any atom is 0.277 e. The molecule has 1 saturated heterocycles. The fourth-order valence-corrected chi connectivity index (χ4v) is 5.28. The number of nitrogens with zero attached hydrogens (tertiary/aromatic N) is 3. The second-order valence-electron chi connectivity index (χ2n) is 6.99. The molecule has 4 rings (SSSR count). The van der Waals surface area contributed by atoms with Gasteiger partial charge in [-0.25, -0.2) is 13.4 Å². The van der Waals surface area contributed by atoms with E-state index in [4.69, 9.17) is 0 Å². The molecule has 7 heteroatoms. The number of anilines is 1. The molecule has 28 heavy (non-hydrogen) atoms. The molecule has 0 saturated carbocycles. The highest BCUT2D eigenvalue weighted by Gasteiger charge is 2.32. The molecule has 2 aromatic rings. The van der Waals surface area contributed by atoms with Crippen LogP contribution < -0.4 is 4.90 Å². The lowest BCUT2D eigenvalue weighted by Gasteiger charge is -2.25. The summed E-state index contributed by atoms with van der Waals surface area (Å²) in [6.45, 7) is 3.65. The zero-order chi connectivity index (χ0) is 19.7. The fourth-order valence-electron chi connectivity index (χ4n) is 3.76. The van der Waals surface area contributed by atoms with E-state index in [1.54, 1.807) is 33.5 Å². The lowest BCUT2D eigenvalue weighted by molar-refractivity contribution is -0.112. The number of likely N-dealkylation sites (N-methyl/N-ethyl adjacent to an activating group) is 1. The van der Waals surface area contributed by atoms with Crippen molar-refractivity contribution < 1.29 is 13.2 Å². The predicted octanol–water partition coefficient (Wildman–Crippen LogP) is 3.35. The molecular weight excluding hydrogens is 374 g/mol. The normalized spacial score (nSPS) is 19.2. The smallest absolute Gasteiger partial charge is 0.277 e. The molecular formula is C21H23N3O3S. The van der Waals surface area contributed by atoms with Crippen LogP contribution in [0.1, 0.15) is 31.7 Å². The van der Waals surface area contributed by atoms with Crippen LogP contribution in [-0.2, 0) is 14.8 Å². The topological polar surface area (TPSA) is 70.0 Å². The van der Waals surface area contributed by atoms with Gasteiger partial charge in [-0.3, -0.25) is 4.79 Å². The fraction of sp³-hybridized carbons (Fsp3) is 0.333. The predicted molar refractivity (Wildman–Crippen MR) is 110 cm³/mol. The van der Waals surface area contributed by atoms with Gasteiger partial charge in [-0.05, 0) is 50.1 Å². The molecule has 2 aliphatic rings. The lowest BCUT2D eigenvalue weighted by atomic mass is 10.1. The van der Waals surface area contributed by atoms with E-state index in [1.165, 1.54) is 0 Å². The molecule has 0 radical (unpaired) electrons. The number of fused-ring (bicyclic) bond motifs is 1. The minimum absolute atomic E-state index is 0.131. The molecule has 2 aliphatic heterocycles. The first-order valence-electron chi connectivity index (χ1n) is 9.62. The van der Waals surface area contributed by atoms with Crippen molar-refractivity contribution >= 4 is 33.0 Å². The van der Waals surface area contributed by atoms with Crippen LogP contribution in [0, 0.1) is 0 Å². The van der Waals surface area contributed by atoms with E-state index in [1.807, 2.05) is 31.2 Å². The van der Waals surface area contributed by atoms with Crippen LogP contribution in [0.25, 0.3) is 0 Å². The van der Waals surface area contributed by atoms with E-state index in [0.29, 0.717) is 31.0 Å². The molecule has 0 aromatic heterocycles. The van der Waals surface area contributed by atoms with E-state index in [-0.39, 0.29) is 10.8 Å². The molecule has 0 bridgehead atoms. The number of hydrogen-bond donors (Lipinski definition) is 0. The Balaban J connectivity index is 1.64. The van der Waals surface area contributed by atoms with Crippen LogP contribution in [0.15, 0.2) is 58.4 Å². The summed E-state index contributed by atoms with van der Waals surface area (Å²) < 4.78 is 27.1. The van der Waals surface area contributed by atoms with Crippen molar-refractivity contribution in [3.63, 3.8) is 0 Å². The van der Waals surface area contributed by atoms with Gasteiger partial charge in [0.25, 0.3) is 5.91 Å². The molecule has 0 unspecified atom stereocenters. The number of carbonyl (C=O) groups is 1. The van der Waals surface area contributed by atoms with E-state index in [9.17, 15) is 13.2 Å². The van der Waals surface area contributed by atoms with Crippen LogP contribution in [0.3, 0.4) is 0 Å². The Hall–Kier alpha value is -2.51. The zero-order valence-corrected chi connectivity index (χ0v) is 16.7. The van der Waals surface area contributed by atoms with E-state index in [2.05, 4.69) is 4.99 Å². The number of aliphatic imine (C=N–C) groups is 1. The molecule has 2 heterocycles. The molecule has 0 N–H and O–H groups in total. The molecule has 1 fully saturated rings. The van der Waals surface area contributed by atoms with E-state index in [0.717, 1.165) is 30.5 Å². The quantitative estimate of drug-likeness (QED) is 0.794. The summed E-state index contributed by atoms with van der Waals surface area (Å²) in [7, 11) is -3.47. The highest BCUT2D eigenvalue weighted by Crippen LogP contribution is 2.31. The average molecular weight is 398 g/mol. The minimum atomic E-state index is -3.47. The van der Waals surface area contributed by atoms with Crippen molar-refractivity contribution in [2.24, 2.45) is 4.99 Å². The van der Waals surface area contributed by atoms with Crippen molar-refractivity contribution in [1.82, 2.24) is 4.31 Å². The number of rotatable bonds is 4. The third-order valence-electron chi connectivity index (χ3n) is 5.24. The van der Waals surface area contributed by atoms with Gasteiger partial charge in [0.15, 0.2) is 0 Å². The van der Waals surface area contributed by atoms with E-state index < -0.39 is 10.0 Å². The standard InChI is InChI=1S/C21H23N3O3S/c1-2-24-19-9-5-4-8-18(19)20(21(24)25)22-16-10-12-17(13-11-16)28(26,27)23-14-6-3-7-15-23/h4-5,8-13H,2-3,6-7,14-15H2,1H3. The van der Waals surface area contributed by atoms with Crippen LogP contribution in [0.2, 0.25) is 0 Å². The molecule has 1 amide bonds. The van der Waals surface area contributed by atoms with Gasteiger partial charge in [0, 0.05) is 25.2 Å². The minimum Gasteiger partial charge on any atom is -0.307 e. The van der Waals surface area contributed by atoms with Gasteiger partial charge in [0.1, 0.15) is 5.71 Å².